The Balaban J connectivity index is 0. The second-order valence-corrected chi connectivity index (χ2v) is 6.38. The summed E-state index contributed by atoms with van der Waals surface area (Å²) >= 11 is 0. The van der Waals surface area contributed by atoms with Crippen LogP contribution in [-0.2, 0) is 38.7 Å². The van der Waals surface area contributed by atoms with Crippen molar-refractivity contribution in [1.29, 1.82) is 0 Å². The summed E-state index contributed by atoms with van der Waals surface area (Å²) < 4.78 is 44.6. The first-order valence-corrected chi connectivity index (χ1v) is 8.27. The molecule has 0 aromatic carbocycles. The number of carbonyl (C=O) groups is 3. The standard InChI is InChI=1S/C14H20O9S.K.H/c1-6-11(15)22-9(3)14(5,10(4)23-12(16)7-2)13(17)21-8-24(18,19)20;;/h6-7,9-10H,1-2,8H2,3-5H3,(H,18,19,20);;. The van der Waals surface area contributed by atoms with Crippen LogP contribution in [0.1, 0.15) is 20.8 Å². The molecule has 0 aliphatic rings. The molecule has 0 saturated heterocycles. The topological polar surface area (TPSA) is 133 Å². The number of esters is 3. The second-order valence-electron chi connectivity index (χ2n) is 4.98. The van der Waals surface area contributed by atoms with Crippen LogP contribution in [0.5, 0.6) is 0 Å². The average Bonchev–Trinajstić information content (AvgIpc) is 2.50. The van der Waals surface area contributed by atoms with Crippen LogP contribution in [0.2, 0.25) is 0 Å². The van der Waals surface area contributed by atoms with Crippen molar-refractivity contribution in [3.63, 3.8) is 0 Å². The molecule has 11 heteroatoms. The van der Waals surface area contributed by atoms with Gasteiger partial charge in [-0.3, -0.25) is 9.35 Å². The van der Waals surface area contributed by atoms with Gasteiger partial charge < -0.3 is 14.2 Å². The molecule has 0 heterocycles. The first-order chi connectivity index (χ1) is 10.9. The maximum atomic E-state index is 12.3. The molecule has 0 fully saturated rings. The van der Waals surface area contributed by atoms with Crippen LogP contribution in [0.4, 0.5) is 0 Å². The molecule has 1 N–H and O–H groups in total. The molecule has 0 aliphatic carbocycles. The molecule has 0 bridgehead atoms. The molecule has 0 aromatic rings. The van der Waals surface area contributed by atoms with Crippen LogP contribution in [0, 0.1) is 5.41 Å². The van der Waals surface area contributed by atoms with Crippen molar-refractivity contribution in [2.75, 3.05) is 5.94 Å². The van der Waals surface area contributed by atoms with Crippen molar-refractivity contribution >= 4 is 79.4 Å². The SMILES string of the molecule is C=CC(=O)OC(C)C(C)(C(=O)OCS(=O)(=O)O)C(C)OC(=O)C=C.[KH]. The number of rotatable bonds is 9. The summed E-state index contributed by atoms with van der Waals surface area (Å²) in [7, 11) is -4.58. The minimum absolute atomic E-state index is 0. The monoisotopic (exact) mass is 404 g/mol. The van der Waals surface area contributed by atoms with Gasteiger partial charge in [-0.2, -0.15) is 8.42 Å². The fourth-order valence-electron chi connectivity index (χ4n) is 1.64. The molecular weight excluding hydrogens is 383 g/mol. The molecule has 25 heavy (non-hydrogen) atoms. The van der Waals surface area contributed by atoms with Crippen molar-refractivity contribution < 1.29 is 41.6 Å². The molecule has 0 amide bonds. The van der Waals surface area contributed by atoms with E-state index in [1.807, 2.05) is 0 Å². The predicted molar refractivity (Wildman–Crippen MR) is 89.3 cm³/mol. The zero-order valence-electron chi connectivity index (χ0n) is 13.6. The molecule has 0 spiro atoms. The molecular formula is C14H21KO9S. The van der Waals surface area contributed by atoms with Crippen molar-refractivity contribution in [2.45, 2.75) is 33.0 Å². The van der Waals surface area contributed by atoms with E-state index in [0.29, 0.717) is 0 Å². The Bertz CT molecular complexity index is 598. The van der Waals surface area contributed by atoms with Gasteiger partial charge in [-0.05, 0) is 20.8 Å². The van der Waals surface area contributed by atoms with E-state index in [4.69, 9.17) is 14.0 Å². The van der Waals surface area contributed by atoms with E-state index in [-0.39, 0.29) is 51.4 Å². The fraction of sp³-hybridized carbons (Fsp3) is 0.500. The zero-order valence-corrected chi connectivity index (χ0v) is 14.4. The Morgan fingerprint density at radius 3 is 1.72 bits per heavy atom. The molecule has 138 valence electrons. The van der Waals surface area contributed by atoms with Gasteiger partial charge >= 0.3 is 79.4 Å². The molecule has 0 rings (SSSR count). The summed E-state index contributed by atoms with van der Waals surface area (Å²) in [6.07, 6.45) is -0.629. The number of carbonyl (C=O) groups excluding carboxylic acids is 3. The van der Waals surface area contributed by atoms with Crippen molar-refractivity contribution in [2.24, 2.45) is 5.41 Å². The molecule has 9 nitrogen and oxygen atoms in total. The summed E-state index contributed by atoms with van der Waals surface area (Å²) in [5.41, 5.74) is -1.76. The minimum atomic E-state index is -4.58. The normalized spacial score (nSPS) is 15.4. The van der Waals surface area contributed by atoms with Crippen LogP contribution in [0.15, 0.2) is 25.3 Å². The van der Waals surface area contributed by atoms with Crippen LogP contribution >= 0.6 is 0 Å². The van der Waals surface area contributed by atoms with Gasteiger partial charge in [0.05, 0.1) is 0 Å². The number of hydrogen-bond donors (Lipinski definition) is 1. The van der Waals surface area contributed by atoms with E-state index < -0.39 is 51.6 Å². The summed E-state index contributed by atoms with van der Waals surface area (Å²) in [4.78, 5) is 35.0. The van der Waals surface area contributed by atoms with Gasteiger partial charge in [0.25, 0.3) is 0 Å². The summed E-state index contributed by atoms with van der Waals surface area (Å²) in [6, 6.07) is 0. The van der Waals surface area contributed by atoms with Gasteiger partial charge in [0, 0.05) is 12.2 Å². The van der Waals surface area contributed by atoms with E-state index in [0.717, 1.165) is 12.2 Å². The van der Waals surface area contributed by atoms with Gasteiger partial charge in [0.2, 0.25) is 5.94 Å². The molecule has 0 saturated carbocycles. The molecule has 0 radical (unpaired) electrons. The van der Waals surface area contributed by atoms with Gasteiger partial charge in [0.15, 0.2) is 0 Å². The number of hydrogen-bond acceptors (Lipinski definition) is 8. The Morgan fingerprint density at radius 2 is 1.44 bits per heavy atom. The van der Waals surface area contributed by atoms with Crippen LogP contribution in [0.25, 0.3) is 0 Å². The average molecular weight is 404 g/mol. The van der Waals surface area contributed by atoms with E-state index in [9.17, 15) is 22.8 Å². The van der Waals surface area contributed by atoms with E-state index in [2.05, 4.69) is 17.9 Å². The first-order valence-electron chi connectivity index (χ1n) is 6.67. The fourth-order valence-corrected chi connectivity index (χ4v) is 1.89. The zero-order chi connectivity index (χ0) is 19.1. The predicted octanol–water partition coefficient (Wildman–Crippen LogP) is -0.0319. The van der Waals surface area contributed by atoms with E-state index >= 15 is 0 Å². The Kier molecular flexibility index (Phi) is 12.0. The summed E-state index contributed by atoms with van der Waals surface area (Å²) in [5, 5.41) is 0. The molecule has 0 aliphatic heterocycles. The molecule has 0 aromatic heterocycles. The van der Waals surface area contributed by atoms with Crippen LogP contribution in [-0.4, -0.2) is 100 Å². The second kappa shape index (κ2) is 11.2. The first kappa shape index (κ1) is 26.7. The van der Waals surface area contributed by atoms with Crippen LogP contribution in [0.3, 0.4) is 0 Å². The Morgan fingerprint density at radius 1 is 1.08 bits per heavy atom. The number of ether oxygens (including phenoxy) is 3. The van der Waals surface area contributed by atoms with E-state index in [1.54, 1.807) is 0 Å². The third-order valence-corrected chi connectivity index (χ3v) is 3.80. The third kappa shape index (κ3) is 8.58. The van der Waals surface area contributed by atoms with Gasteiger partial charge in [-0.1, -0.05) is 13.2 Å². The maximum absolute atomic E-state index is 12.3. The van der Waals surface area contributed by atoms with Gasteiger partial charge in [-0.25, -0.2) is 9.59 Å². The quantitative estimate of drug-likeness (QED) is 0.185. The van der Waals surface area contributed by atoms with Crippen molar-refractivity contribution in [3.8, 4) is 0 Å². The van der Waals surface area contributed by atoms with Crippen LogP contribution < -0.4 is 0 Å². The summed E-state index contributed by atoms with van der Waals surface area (Å²) in [5.74, 6) is -4.16. The Hall–Kier alpha value is -0.564. The third-order valence-electron chi connectivity index (χ3n) is 3.39. The van der Waals surface area contributed by atoms with Gasteiger partial charge in [-0.15, -0.1) is 0 Å². The van der Waals surface area contributed by atoms with Crippen molar-refractivity contribution in [3.05, 3.63) is 25.3 Å². The molecule has 2 unspecified atom stereocenters. The van der Waals surface area contributed by atoms with Gasteiger partial charge in [0.1, 0.15) is 17.6 Å². The Labute approximate surface area is 188 Å². The molecule has 2 atom stereocenters. The van der Waals surface area contributed by atoms with E-state index in [1.165, 1.54) is 20.8 Å². The summed E-state index contributed by atoms with van der Waals surface area (Å²) in [6.45, 7) is 10.3. The van der Waals surface area contributed by atoms with Crippen molar-refractivity contribution in [1.82, 2.24) is 0 Å².